The molecule has 0 unspecified atom stereocenters. The van der Waals surface area contributed by atoms with Crippen LogP contribution in [0.2, 0.25) is 0 Å². The molecule has 0 spiro atoms. The molecular weight excluding hydrogens is 380 g/mol. The van der Waals surface area contributed by atoms with Gasteiger partial charge in [-0.2, -0.15) is 0 Å². The third-order valence-corrected chi connectivity index (χ3v) is 6.56. The number of aromatic amines is 1. The summed E-state index contributed by atoms with van der Waals surface area (Å²) >= 11 is 0. The fourth-order valence-electron chi connectivity index (χ4n) is 4.74. The number of unbranched alkanes of at least 4 members (excludes halogenated alkanes) is 8. The maximum absolute atomic E-state index is 12.1. The van der Waals surface area contributed by atoms with Crippen LogP contribution in [0.3, 0.4) is 0 Å². The van der Waals surface area contributed by atoms with Crippen LogP contribution < -0.4 is 11.2 Å². The van der Waals surface area contributed by atoms with Crippen molar-refractivity contribution < 1.29 is 9.53 Å². The third kappa shape index (κ3) is 6.44. The summed E-state index contributed by atoms with van der Waals surface area (Å²) in [6.45, 7) is 2.95. The fourth-order valence-corrected chi connectivity index (χ4v) is 4.74. The van der Waals surface area contributed by atoms with E-state index in [1.54, 1.807) is 17.7 Å². The molecule has 6 heteroatoms. The third-order valence-electron chi connectivity index (χ3n) is 6.56. The minimum atomic E-state index is -0.316. The number of aromatic nitrogens is 2. The first-order valence-corrected chi connectivity index (χ1v) is 11.7. The van der Waals surface area contributed by atoms with Gasteiger partial charge in [0.1, 0.15) is 0 Å². The molecule has 6 nitrogen and oxygen atoms in total. The van der Waals surface area contributed by atoms with E-state index in [0.717, 1.165) is 38.5 Å². The Labute approximate surface area is 178 Å². The van der Waals surface area contributed by atoms with Crippen molar-refractivity contribution in [3.05, 3.63) is 44.8 Å². The molecule has 2 aliphatic carbocycles. The van der Waals surface area contributed by atoms with Crippen molar-refractivity contribution in [2.24, 2.45) is 17.8 Å². The number of carbonyl (C=O) groups excluding carboxylic acids is 1. The molecule has 1 aromatic rings. The van der Waals surface area contributed by atoms with E-state index in [0.29, 0.717) is 30.6 Å². The van der Waals surface area contributed by atoms with Gasteiger partial charge in [-0.1, -0.05) is 57.1 Å². The lowest BCUT2D eigenvalue weighted by Crippen LogP contribution is -2.30. The van der Waals surface area contributed by atoms with Crippen LogP contribution in [0.5, 0.6) is 0 Å². The summed E-state index contributed by atoms with van der Waals surface area (Å²) in [7, 11) is 0. The summed E-state index contributed by atoms with van der Waals surface area (Å²) in [5.41, 5.74) is -0.0388. The molecule has 0 saturated heterocycles. The van der Waals surface area contributed by atoms with E-state index in [1.165, 1.54) is 32.1 Å². The van der Waals surface area contributed by atoms with Crippen LogP contribution in [0.15, 0.2) is 27.9 Å². The zero-order chi connectivity index (χ0) is 21.3. The molecule has 1 N–H and O–H groups in total. The molecule has 166 valence electrons. The number of carbonyl (C=O) groups is 1. The summed E-state index contributed by atoms with van der Waals surface area (Å²) in [4.78, 5) is 37.6. The number of fused-ring (bicyclic) bond motifs is 2. The van der Waals surface area contributed by atoms with Crippen LogP contribution in [0.25, 0.3) is 0 Å². The van der Waals surface area contributed by atoms with Crippen molar-refractivity contribution in [2.75, 3.05) is 6.61 Å². The van der Waals surface area contributed by atoms with Crippen LogP contribution >= 0.6 is 0 Å². The van der Waals surface area contributed by atoms with Crippen molar-refractivity contribution in [3.8, 4) is 0 Å². The quantitative estimate of drug-likeness (QED) is 0.298. The van der Waals surface area contributed by atoms with Gasteiger partial charge in [0.2, 0.25) is 0 Å². The SMILES string of the molecule is Cc1cn(CCCCCCCCCCCOC(=O)[C@H]2C[C@@H]3C=C[C@H]2C3)c(=O)[nH]c1=O. The van der Waals surface area contributed by atoms with Crippen molar-refractivity contribution in [3.63, 3.8) is 0 Å². The van der Waals surface area contributed by atoms with E-state index >= 15 is 0 Å². The molecule has 1 aromatic heterocycles. The van der Waals surface area contributed by atoms with E-state index in [4.69, 9.17) is 4.74 Å². The molecule has 30 heavy (non-hydrogen) atoms. The van der Waals surface area contributed by atoms with E-state index in [-0.39, 0.29) is 23.1 Å². The largest absolute Gasteiger partial charge is 0.465 e. The van der Waals surface area contributed by atoms with Crippen LogP contribution in [0.4, 0.5) is 0 Å². The summed E-state index contributed by atoms with van der Waals surface area (Å²) < 4.78 is 7.09. The average molecular weight is 417 g/mol. The predicted octanol–water partition coefficient (Wildman–Crippen LogP) is 4.11. The lowest BCUT2D eigenvalue weighted by Gasteiger charge is -2.16. The number of H-pyrrole nitrogens is 1. The molecule has 0 amide bonds. The molecule has 3 atom stereocenters. The molecule has 0 aromatic carbocycles. The van der Waals surface area contributed by atoms with E-state index in [1.807, 2.05) is 0 Å². The number of hydrogen-bond acceptors (Lipinski definition) is 4. The van der Waals surface area contributed by atoms with E-state index in [2.05, 4.69) is 17.1 Å². The highest BCUT2D eigenvalue weighted by Gasteiger charge is 2.40. The Morgan fingerprint density at radius 1 is 1.00 bits per heavy atom. The Balaban J connectivity index is 1.12. The zero-order valence-corrected chi connectivity index (χ0v) is 18.2. The number of allylic oxidation sites excluding steroid dienone is 2. The van der Waals surface area contributed by atoms with Crippen molar-refractivity contribution in [1.29, 1.82) is 0 Å². The van der Waals surface area contributed by atoms with E-state index in [9.17, 15) is 14.4 Å². The topological polar surface area (TPSA) is 81.2 Å². The van der Waals surface area contributed by atoms with E-state index < -0.39 is 0 Å². The second kappa shape index (κ2) is 11.3. The second-order valence-electron chi connectivity index (χ2n) is 9.00. The van der Waals surface area contributed by atoms with Crippen LogP contribution in [-0.2, 0) is 16.1 Å². The summed E-state index contributed by atoms with van der Waals surface area (Å²) in [6, 6.07) is 0. The highest BCUT2D eigenvalue weighted by molar-refractivity contribution is 5.74. The van der Waals surface area contributed by atoms with Gasteiger partial charge in [0.25, 0.3) is 5.56 Å². The number of ether oxygens (including phenoxy) is 1. The molecule has 2 bridgehead atoms. The van der Waals surface area contributed by atoms with Gasteiger partial charge in [0.05, 0.1) is 12.5 Å². The summed E-state index contributed by atoms with van der Waals surface area (Å²) in [5, 5.41) is 0. The lowest BCUT2D eigenvalue weighted by atomic mass is 9.94. The molecule has 1 fully saturated rings. The van der Waals surface area contributed by atoms with Crippen molar-refractivity contribution in [2.45, 2.75) is 84.1 Å². The summed E-state index contributed by atoms with van der Waals surface area (Å²) in [5.74, 6) is 1.19. The second-order valence-corrected chi connectivity index (χ2v) is 9.00. The Morgan fingerprint density at radius 2 is 1.67 bits per heavy atom. The Morgan fingerprint density at radius 3 is 2.30 bits per heavy atom. The maximum Gasteiger partial charge on any atom is 0.328 e. The van der Waals surface area contributed by atoms with Crippen molar-refractivity contribution in [1.82, 2.24) is 9.55 Å². The molecule has 1 saturated carbocycles. The zero-order valence-electron chi connectivity index (χ0n) is 18.2. The smallest absolute Gasteiger partial charge is 0.328 e. The Bertz CT molecular complexity index is 838. The minimum Gasteiger partial charge on any atom is -0.465 e. The van der Waals surface area contributed by atoms with Gasteiger partial charge in [-0.25, -0.2) is 4.79 Å². The van der Waals surface area contributed by atoms with Crippen LogP contribution in [0, 0.1) is 24.7 Å². The van der Waals surface area contributed by atoms with Gasteiger partial charge in [0.15, 0.2) is 0 Å². The van der Waals surface area contributed by atoms with Gasteiger partial charge in [-0.3, -0.25) is 14.6 Å². The van der Waals surface area contributed by atoms with Gasteiger partial charge in [0, 0.05) is 18.3 Å². The average Bonchev–Trinajstić information content (AvgIpc) is 3.36. The fraction of sp³-hybridized carbons (Fsp3) is 0.708. The van der Waals surface area contributed by atoms with Crippen LogP contribution in [0.1, 0.15) is 76.2 Å². The standard InChI is InChI=1S/C24H36N2O4/c1-18-17-26(24(29)25-22(18)27)13-9-7-5-3-2-4-6-8-10-14-30-23(28)21-16-19-11-12-20(21)15-19/h11-12,17,19-21H,2-10,13-16H2,1H3,(H,25,27,29)/t19-,20+,21+/m1/s1. The first kappa shape index (κ1) is 22.6. The first-order chi connectivity index (χ1) is 14.5. The molecule has 0 radical (unpaired) electrons. The van der Waals surface area contributed by atoms with Crippen molar-refractivity contribution >= 4 is 5.97 Å². The Hall–Kier alpha value is -2.11. The number of nitrogens with zero attached hydrogens (tertiary/aromatic N) is 1. The summed E-state index contributed by atoms with van der Waals surface area (Å²) in [6.07, 6.45) is 18.4. The number of esters is 1. The molecule has 3 rings (SSSR count). The number of nitrogens with one attached hydrogen (secondary N) is 1. The monoisotopic (exact) mass is 416 g/mol. The molecule has 1 heterocycles. The number of hydrogen-bond donors (Lipinski definition) is 1. The molecule has 0 aliphatic heterocycles. The molecular formula is C24H36N2O4. The molecule has 2 aliphatic rings. The number of rotatable bonds is 13. The predicted molar refractivity (Wildman–Crippen MR) is 117 cm³/mol. The maximum atomic E-state index is 12.1. The van der Waals surface area contributed by atoms with Gasteiger partial charge >= 0.3 is 11.7 Å². The van der Waals surface area contributed by atoms with Gasteiger partial charge < -0.3 is 9.30 Å². The number of aryl methyl sites for hydroxylation is 2. The Kier molecular flexibility index (Phi) is 8.52. The van der Waals surface area contributed by atoms with Crippen LogP contribution in [-0.4, -0.2) is 22.1 Å². The van der Waals surface area contributed by atoms with Gasteiger partial charge in [-0.15, -0.1) is 0 Å². The lowest BCUT2D eigenvalue weighted by molar-refractivity contribution is -0.149. The highest BCUT2D eigenvalue weighted by atomic mass is 16.5. The first-order valence-electron chi connectivity index (χ1n) is 11.7. The minimum absolute atomic E-state index is 0.0196. The normalized spacial score (nSPS) is 22.0. The van der Waals surface area contributed by atoms with Gasteiger partial charge in [-0.05, 0) is 44.4 Å². The highest BCUT2D eigenvalue weighted by Crippen LogP contribution is 2.43.